The third kappa shape index (κ3) is 46.9. The lowest BCUT2D eigenvalue weighted by Gasteiger charge is -2.27. The van der Waals surface area contributed by atoms with Crippen molar-refractivity contribution in [1.82, 2.24) is 0 Å². The first-order chi connectivity index (χ1) is 60.7. The van der Waals surface area contributed by atoms with Gasteiger partial charge in [0.1, 0.15) is 51.7 Å². The number of Topliss-reactive ketones (excluding diaryl/α,β-unsaturated/α-hetero) is 9. The van der Waals surface area contributed by atoms with Gasteiger partial charge in [0.2, 0.25) is 0 Å². The lowest BCUT2D eigenvalue weighted by molar-refractivity contribution is -0.164. The van der Waals surface area contributed by atoms with Gasteiger partial charge in [-0.2, -0.15) is 0 Å². The molecule has 0 atom stereocenters. The second-order valence-corrected chi connectivity index (χ2v) is 46.6. The van der Waals surface area contributed by atoms with Gasteiger partial charge in [-0.3, -0.25) is 47.9 Å². The summed E-state index contributed by atoms with van der Waals surface area (Å²) in [5, 5.41) is 0. The Bertz CT molecular complexity index is 4400. The molecule has 0 radical (unpaired) electrons. The summed E-state index contributed by atoms with van der Waals surface area (Å²) in [5.41, 5.74) is -0.0925. The summed E-state index contributed by atoms with van der Waals surface area (Å²) < 4.78 is 59.7. The molecule has 1 aliphatic heterocycles. The molecule has 133 heavy (non-hydrogen) atoms. The van der Waals surface area contributed by atoms with Crippen LogP contribution in [0.4, 0.5) is 4.39 Å². The Morgan fingerprint density at radius 2 is 0.571 bits per heavy atom. The Morgan fingerprint density at radius 3 is 0.850 bits per heavy atom. The minimum absolute atomic E-state index is 0.0738. The molecule has 5 aromatic rings. The van der Waals surface area contributed by atoms with Gasteiger partial charge in [-0.05, 0) is 209 Å². The first kappa shape index (κ1) is 122. The first-order valence-electron chi connectivity index (χ1n) is 47.6. The van der Waals surface area contributed by atoms with Gasteiger partial charge >= 0.3 is 5.97 Å². The number of methoxy groups -OCH3 is 6. The fraction of sp³-hybridized carbons (Fsp3) is 0.646. The summed E-state index contributed by atoms with van der Waals surface area (Å²) in [6, 6.07) is 29.4. The van der Waals surface area contributed by atoms with E-state index in [0.717, 1.165) is 99.7 Å². The van der Waals surface area contributed by atoms with E-state index in [9.17, 15) is 52.3 Å². The van der Waals surface area contributed by atoms with Crippen molar-refractivity contribution in [3.05, 3.63) is 137 Å². The van der Waals surface area contributed by atoms with Crippen molar-refractivity contribution < 1.29 is 95.0 Å². The van der Waals surface area contributed by atoms with Crippen LogP contribution in [0.3, 0.4) is 0 Å². The number of hydrogen-bond donors (Lipinski definition) is 0. The molecule has 4 aliphatic carbocycles. The van der Waals surface area contributed by atoms with Crippen molar-refractivity contribution in [2.75, 3.05) is 62.5 Å². The molecule has 5 fully saturated rings. The second-order valence-electron chi connectivity index (χ2n) is 46.6. The molecule has 20 heteroatoms. The van der Waals surface area contributed by atoms with Crippen molar-refractivity contribution in [1.29, 1.82) is 0 Å². The number of benzene rings is 5. The van der Waals surface area contributed by atoms with E-state index in [1.54, 1.807) is 123 Å². The first-order valence-corrected chi connectivity index (χ1v) is 47.6. The van der Waals surface area contributed by atoms with Gasteiger partial charge in [-0.15, -0.1) is 0 Å². The zero-order valence-corrected chi connectivity index (χ0v) is 89.6. The van der Waals surface area contributed by atoms with Crippen molar-refractivity contribution in [2.45, 2.75) is 330 Å². The van der Waals surface area contributed by atoms with Crippen molar-refractivity contribution in [2.24, 2.45) is 83.7 Å². The topological polar surface area (TPSA) is 254 Å². The number of carbonyl (C=O) groups excluding carboxylic acids is 10. The number of esters is 1. The van der Waals surface area contributed by atoms with Crippen LogP contribution in [0, 0.1) is 89.6 Å². The Balaban J connectivity index is 0.000000742. The fourth-order valence-corrected chi connectivity index (χ4v) is 13.6. The highest BCUT2D eigenvalue weighted by Gasteiger charge is 2.38. The standard InChI is InChI=1S/C15H20O2.2C13H18O3.C12H15FO2.C12H16O2.C11H20O.C10H18O2.C10H18O.C9H18O2.C8H14O/c1-15(2,3)14(16)12-6-8-13(9-7-12)17-10-11-4-5-11;1-13(2,3)12(14)9-6-10(15-4)8-11(7-9)16-5;1-13(2,3)12(14)9-6-7-10(15-4)11(8-9)16-5;1-12(2,3)11(14)8-5-6-10(15-4)9(13)7-8;1-12(2,3)11(13)9-5-7-10(14-4)8-6-9;1-11(2,3)10(12)9-7-5-4-6-8-9;1-10(2,3)9(11)8-4-6-12-7-5-8;1-10(2,3)9(11)8-6-4-5-7-8;1-8(2,3)7(10)11-9(4,5)6;1-8(2,3)7(9)6-4-5-6/h6-9,11H,4-5,10H2,1-3H3;2*6-8H,1-5H3;5-7H,1-4H3;5-8H,1-4H3;9H,4-8H2,1-3H3;8H,4-7H2,1-3H3;8H,4-7H2,1-3H3;1-6H3;6H,4-5H2,1-3H3. The molecule has 1 saturated heterocycles. The van der Waals surface area contributed by atoms with E-state index in [-0.39, 0.29) is 90.1 Å². The average molecular weight is 1860 g/mol. The summed E-state index contributed by atoms with van der Waals surface area (Å²) >= 11 is 0. The highest BCUT2D eigenvalue weighted by Crippen LogP contribution is 2.39. The van der Waals surface area contributed by atoms with Gasteiger partial charge in [0.15, 0.2) is 52.0 Å². The second kappa shape index (κ2) is 53.6. The monoisotopic (exact) mass is 1860 g/mol. The zero-order valence-electron chi connectivity index (χ0n) is 89.6. The number of ether oxygens (including phenoxy) is 9. The molecule has 5 aromatic carbocycles. The van der Waals surface area contributed by atoms with Gasteiger partial charge in [0.05, 0.1) is 54.7 Å². The van der Waals surface area contributed by atoms with E-state index in [4.69, 9.17) is 42.6 Å². The quantitative estimate of drug-likeness (QED) is 0.0583. The Labute approximate surface area is 802 Å². The predicted octanol–water partition coefficient (Wildman–Crippen LogP) is 27.9. The summed E-state index contributed by atoms with van der Waals surface area (Å²) in [7, 11) is 9.27. The van der Waals surface area contributed by atoms with Crippen molar-refractivity contribution in [3.63, 3.8) is 0 Å². The maximum atomic E-state index is 13.3. The Kier molecular flexibility index (Phi) is 49.2. The van der Waals surface area contributed by atoms with E-state index in [2.05, 4.69) is 0 Å². The third-order valence-electron chi connectivity index (χ3n) is 21.9. The Hall–Kier alpha value is -8.91. The summed E-state index contributed by atoms with van der Waals surface area (Å²) in [6.07, 6.45) is 17.6. The van der Waals surface area contributed by atoms with Crippen LogP contribution in [0.25, 0.3) is 0 Å². The Morgan fingerprint density at radius 1 is 0.278 bits per heavy atom. The van der Waals surface area contributed by atoms with E-state index < -0.39 is 22.1 Å². The lowest BCUT2D eigenvalue weighted by atomic mass is 9.76. The molecule has 5 aliphatic rings. The van der Waals surface area contributed by atoms with E-state index in [1.807, 2.05) is 232 Å². The molecule has 4 saturated carbocycles. The highest BCUT2D eigenvalue weighted by molar-refractivity contribution is 6.03. The molecule has 0 unspecified atom stereocenters. The van der Waals surface area contributed by atoms with E-state index >= 15 is 0 Å². The zero-order chi connectivity index (χ0) is 103. The largest absolute Gasteiger partial charge is 0.497 e. The number of ketones is 9. The maximum Gasteiger partial charge on any atom is 0.311 e. The van der Waals surface area contributed by atoms with Gasteiger partial charge in [-0.1, -0.05) is 219 Å². The van der Waals surface area contributed by atoms with Gasteiger partial charge in [-0.25, -0.2) is 4.39 Å². The summed E-state index contributed by atoms with van der Waals surface area (Å²) in [4.78, 5) is 118. The molecule has 0 spiro atoms. The smallest absolute Gasteiger partial charge is 0.311 e. The molecular weight excluding hydrogens is 1680 g/mol. The van der Waals surface area contributed by atoms with Gasteiger partial charge in [0, 0.05) is 120 Å². The van der Waals surface area contributed by atoms with Crippen molar-refractivity contribution >= 4 is 58.0 Å². The molecule has 0 aromatic heterocycles. The van der Waals surface area contributed by atoms with Gasteiger partial charge < -0.3 is 42.6 Å². The maximum absolute atomic E-state index is 13.3. The van der Waals surface area contributed by atoms with Crippen LogP contribution in [-0.2, 0) is 33.4 Å². The number of halogens is 1. The minimum Gasteiger partial charge on any atom is -0.497 e. The van der Waals surface area contributed by atoms with Crippen LogP contribution in [0.2, 0.25) is 0 Å². The lowest BCUT2D eigenvalue weighted by Crippen LogP contribution is -2.32. The number of carbonyl (C=O) groups is 10. The molecular formula is C113H175FO19. The molecule has 748 valence electrons. The van der Waals surface area contributed by atoms with Crippen LogP contribution in [0.15, 0.2) is 103 Å². The summed E-state index contributed by atoms with van der Waals surface area (Å²) in [6.45, 7) is 65.9. The SMILES string of the molecule is CC(C)(C)C(=O)C1CC1.CC(C)(C)C(=O)C1CCCC1.CC(C)(C)C(=O)C1CCCCC1.CC(C)(C)C(=O)C1CCOCC1.CC(C)(C)C(=O)c1ccc(OCC2CC2)cc1.CC(C)(C)OC(=O)C(C)(C)C.COc1cc(OC)cc(C(=O)C(C)(C)C)c1.COc1ccc(C(=O)C(C)(C)C)cc1.COc1ccc(C(=O)C(C)(C)C)cc1F.COc1ccc(C(=O)C(C)(C)C)cc1OC. The predicted molar refractivity (Wildman–Crippen MR) is 537 cm³/mol. The third-order valence-corrected chi connectivity index (χ3v) is 21.9. The van der Waals surface area contributed by atoms with Crippen LogP contribution in [0.5, 0.6) is 40.2 Å². The van der Waals surface area contributed by atoms with Crippen LogP contribution in [0.1, 0.15) is 377 Å². The number of rotatable bonds is 18. The van der Waals surface area contributed by atoms with Crippen LogP contribution in [-0.4, -0.2) is 126 Å². The van der Waals surface area contributed by atoms with E-state index in [1.165, 1.54) is 64.2 Å². The van der Waals surface area contributed by atoms with Crippen molar-refractivity contribution in [3.8, 4) is 40.2 Å². The fourth-order valence-electron chi connectivity index (χ4n) is 13.6. The van der Waals surface area contributed by atoms with Gasteiger partial charge in [0.25, 0.3) is 0 Å². The molecule has 1 heterocycles. The molecule has 10 rings (SSSR count). The minimum atomic E-state index is -0.507. The molecule has 19 nitrogen and oxygen atoms in total. The molecule has 0 N–H and O–H groups in total. The highest BCUT2D eigenvalue weighted by atomic mass is 19.1. The summed E-state index contributed by atoms with van der Waals surface area (Å²) in [5.74, 6) is 7.99. The number of hydrogen-bond acceptors (Lipinski definition) is 19. The molecule has 0 amide bonds. The van der Waals surface area contributed by atoms with E-state index in [0.29, 0.717) is 80.6 Å². The average Bonchev–Trinajstić information content (AvgIpc) is 1.63. The van der Waals surface area contributed by atoms with Crippen LogP contribution < -0.4 is 33.2 Å². The normalized spacial score (nSPS) is 15.0. The molecule has 0 bridgehead atoms. The van der Waals surface area contributed by atoms with Crippen LogP contribution >= 0.6 is 0 Å².